The molecule has 0 radical (unpaired) electrons. The lowest BCUT2D eigenvalue weighted by Gasteiger charge is -2.26. The van der Waals surface area contributed by atoms with Crippen molar-refractivity contribution in [2.45, 2.75) is 45.2 Å². The molecule has 0 aliphatic heterocycles. The highest BCUT2D eigenvalue weighted by atomic mass is 19.4. The molecule has 0 saturated carbocycles. The van der Waals surface area contributed by atoms with E-state index >= 15 is 0 Å². The number of benzene rings is 1. The Labute approximate surface area is 147 Å². The molecule has 1 heterocycles. The van der Waals surface area contributed by atoms with Gasteiger partial charge in [0.1, 0.15) is 5.82 Å². The Bertz CT molecular complexity index is 743. The third-order valence-electron chi connectivity index (χ3n) is 4.19. The molecule has 0 aliphatic rings. The van der Waals surface area contributed by atoms with Crippen molar-refractivity contribution in [3.8, 4) is 0 Å². The zero-order valence-corrected chi connectivity index (χ0v) is 14.1. The van der Waals surface area contributed by atoms with Crippen molar-refractivity contribution in [2.24, 2.45) is 11.1 Å². The summed E-state index contributed by atoms with van der Waals surface area (Å²) in [7, 11) is 0. The summed E-state index contributed by atoms with van der Waals surface area (Å²) in [5, 5.41) is 3.29. The van der Waals surface area contributed by atoms with E-state index in [0.717, 1.165) is 5.56 Å². The van der Waals surface area contributed by atoms with Crippen LogP contribution in [0.1, 0.15) is 43.5 Å². The number of halogens is 4. The number of rotatable bonds is 8. The molecule has 0 bridgehead atoms. The number of hydrogen-bond donors (Lipinski definition) is 1. The van der Waals surface area contributed by atoms with Gasteiger partial charge in [-0.3, -0.25) is 4.79 Å². The summed E-state index contributed by atoms with van der Waals surface area (Å²) in [6.07, 6.45) is -2.66. The lowest BCUT2D eigenvalue weighted by atomic mass is 9.78. The Balaban J connectivity index is 1.89. The molecule has 1 unspecified atom stereocenters. The summed E-state index contributed by atoms with van der Waals surface area (Å²) < 4.78 is 54.3. The van der Waals surface area contributed by atoms with Gasteiger partial charge in [0, 0.05) is 6.42 Å². The molecule has 142 valence electrons. The predicted molar refractivity (Wildman–Crippen MR) is 84.3 cm³/mol. The van der Waals surface area contributed by atoms with Gasteiger partial charge in [0.05, 0.1) is 5.41 Å². The van der Waals surface area contributed by atoms with Gasteiger partial charge in [0.25, 0.3) is 0 Å². The molecule has 1 atom stereocenters. The first-order valence-corrected chi connectivity index (χ1v) is 8.04. The van der Waals surface area contributed by atoms with E-state index in [1.807, 2.05) is 0 Å². The summed E-state index contributed by atoms with van der Waals surface area (Å²) in [6, 6.07) is 5.81. The Kier molecular flexibility index (Phi) is 5.99. The number of hydrogen-bond acceptors (Lipinski definition) is 4. The van der Waals surface area contributed by atoms with Crippen LogP contribution in [0.4, 0.5) is 17.6 Å². The first kappa shape index (κ1) is 19.9. The van der Waals surface area contributed by atoms with E-state index in [0.29, 0.717) is 25.7 Å². The average molecular weight is 373 g/mol. The Morgan fingerprint density at radius 1 is 1.19 bits per heavy atom. The molecule has 26 heavy (non-hydrogen) atoms. The number of amides is 1. The number of carbonyl (C=O) groups excluding carboxylic acids is 1. The highest BCUT2D eigenvalue weighted by molar-refractivity contribution is 5.80. The van der Waals surface area contributed by atoms with Crippen LogP contribution in [0.5, 0.6) is 0 Å². The van der Waals surface area contributed by atoms with Gasteiger partial charge in [-0.2, -0.15) is 18.2 Å². The van der Waals surface area contributed by atoms with Crippen LogP contribution in [0.25, 0.3) is 0 Å². The van der Waals surface area contributed by atoms with Crippen molar-refractivity contribution in [2.75, 3.05) is 0 Å². The molecule has 5 nitrogen and oxygen atoms in total. The maximum atomic E-state index is 13.0. The SMILES string of the molecule is CC(CCCCc1noc(C(F)(F)F)n1)(Cc1ccc(F)cc1)C(N)=O. The first-order valence-electron chi connectivity index (χ1n) is 8.04. The standard InChI is InChI=1S/C17H19F4N3O2/c1-16(14(22)25,10-11-5-7-12(18)8-6-11)9-3-2-4-13-23-15(26-24-13)17(19,20)21/h5-8H,2-4,9-10H2,1H3,(H2,22,25). The molecule has 0 fully saturated rings. The summed E-state index contributed by atoms with van der Waals surface area (Å²) in [4.78, 5) is 15.2. The minimum absolute atomic E-state index is 0.0309. The van der Waals surface area contributed by atoms with Crippen molar-refractivity contribution in [1.82, 2.24) is 10.1 Å². The maximum absolute atomic E-state index is 13.0. The smallest absolute Gasteiger partial charge is 0.369 e. The van der Waals surface area contributed by atoms with Crippen molar-refractivity contribution in [1.29, 1.82) is 0 Å². The van der Waals surface area contributed by atoms with E-state index in [1.54, 1.807) is 19.1 Å². The molecule has 0 spiro atoms. The fourth-order valence-electron chi connectivity index (χ4n) is 2.62. The molecule has 9 heteroatoms. The monoisotopic (exact) mass is 373 g/mol. The third kappa shape index (κ3) is 5.27. The molecule has 1 amide bonds. The molecule has 2 N–H and O–H groups in total. The molecular weight excluding hydrogens is 354 g/mol. The van der Waals surface area contributed by atoms with Crippen LogP contribution < -0.4 is 5.73 Å². The van der Waals surface area contributed by atoms with Crippen molar-refractivity contribution in [3.63, 3.8) is 0 Å². The zero-order chi connectivity index (χ0) is 19.4. The van der Waals surface area contributed by atoms with E-state index in [4.69, 9.17) is 5.73 Å². The molecule has 1 aromatic carbocycles. The average Bonchev–Trinajstić information content (AvgIpc) is 3.03. The van der Waals surface area contributed by atoms with Crippen LogP contribution in [0, 0.1) is 11.2 Å². The van der Waals surface area contributed by atoms with Gasteiger partial charge in [-0.05, 0) is 37.0 Å². The Morgan fingerprint density at radius 2 is 1.85 bits per heavy atom. The Morgan fingerprint density at radius 3 is 2.38 bits per heavy atom. The quantitative estimate of drug-likeness (QED) is 0.565. The van der Waals surface area contributed by atoms with Crippen molar-refractivity contribution < 1.29 is 26.9 Å². The molecular formula is C17H19F4N3O2. The largest absolute Gasteiger partial charge is 0.471 e. The second-order valence-electron chi connectivity index (χ2n) is 6.45. The highest BCUT2D eigenvalue weighted by Crippen LogP contribution is 2.30. The van der Waals surface area contributed by atoms with Gasteiger partial charge in [-0.15, -0.1) is 0 Å². The van der Waals surface area contributed by atoms with Crippen molar-refractivity contribution in [3.05, 3.63) is 47.4 Å². The highest BCUT2D eigenvalue weighted by Gasteiger charge is 2.38. The number of primary amides is 1. The topological polar surface area (TPSA) is 82.0 Å². The van der Waals surface area contributed by atoms with Gasteiger partial charge in [0.2, 0.25) is 5.91 Å². The number of unbranched alkanes of at least 4 members (excludes halogenated alkanes) is 1. The maximum Gasteiger partial charge on any atom is 0.471 e. The van der Waals surface area contributed by atoms with Crippen LogP contribution in [0.3, 0.4) is 0 Å². The fourth-order valence-corrected chi connectivity index (χ4v) is 2.62. The lowest BCUT2D eigenvalue weighted by Crippen LogP contribution is -2.36. The van der Waals surface area contributed by atoms with Crippen LogP contribution in [-0.4, -0.2) is 16.0 Å². The van der Waals surface area contributed by atoms with Crippen LogP contribution in [0.2, 0.25) is 0 Å². The minimum atomic E-state index is -4.66. The summed E-state index contributed by atoms with van der Waals surface area (Å²) in [5.74, 6) is -2.25. The van der Waals surface area contributed by atoms with E-state index in [2.05, 4.69) is 14.7 Å². The number of carbonyl (C=O) groups is 1. The molecule has 1 aromatic heterocycles. The van der Waals surface area contributed by atoms with E-state index < -0.39 is 23.4 Å². The summed E-state index contributed by atoms with van der Waals surface area (Å²) in [5.41, 5.74) is 5.45. The van der Waals surface area contributed by atoms with Crippen LogP contribution in [0.15, 0.2) is 28.8 Å². The minimum Gasteiger partial charge on any atom is -0.369 e. The van der Waals surface area contributed by atoms with Crippen molar-refractivity contribution >= 4 is 5.91 Å². The predicted octanol–water partition coefficient (Wildman–Crippen LogP) is 3.67. The summed E-state index contributed by atoms with van der Waals surface area (Å²) in [6.45, 7) is 1.72. The first-order chi connectivity index (χ1) is 12.1. The second kappa shape index (κ2) is 7.84. The number of nitrogens with two attached hydrogens (primary N) is 1. The van der Waals surface area contributed by atoms with Gasteiger partial charge in [0.15, 0.2) is 5.82 Å². The molecule has 2 rings (SSSR count). The van der Waals surface area contributed by atoms with Gasteiger partial charge in [-0.25, -0.2) is 4.39 Å². The number of nitrogens with zero attached hydrogens (tertiary/aromatic N) is 2. The summed E-state index contributed by atoms with van der Waals surface area (Å²) >= 11 is 0. The number of aryl methyl sites for hydroxylation is 1. The number of alkyl halides is 3. The molecule has 2 aromatic rings. The molecule has 0 aliphatic carbocycles. The zero-order valence-electron chi connectivity index (χ0n) is 14.1. The van der Waals surface area contributed by atoms with E-state index in [9.17, 15) is 22.4 Å². The lowest BCUT2D eigenvalue weighted by molar-refractivity contribution is -0.159. The van der Waals surface area contributed by atoms with Gasteiger partial charge < -0.3 is 10.3 Å². The second-order valence-corrected chi connectivity index (χ2v) is 6.45. The van der Waals surface area contributed by atoms with E-state index in [1.165, 1.54) is 12.1 Å². The molecule has 0 saturated heterocycles. The fraction of sp³-hybridized carbons (Fsp3) is 0.471. The van der Waals surface area contributed by atoms with Gasteiger partial charge in [-0.1, -0.05) is 30.6 Å². The third-order valence-corrected chi connectivity index (χ3v) is 4.19. The van der Waals surface area contributed by atoms with Crippen LogP contribution >= 0.6 is 0 Å². The van der Waals surface area contributed by atoms with Gasteiger partial charge >= 0.3 is 12.1 Å². The van der Waals surface area contributed by atoms with E-state index in [-0.39, 0.29) is 18.1 Å². The van der Waals surface area contributed by atoms with Crippen LogP contribution in [-0.2, 0) is 23.8 Å². The Hall–Kier alpha value is -2.45. The normalized spacial score (nSPS) is 14.2. The number of aromatic nitrogens is 2.